The second-order valence-electron chi connectivity index (χ2n) is 24.2. The highest BCUT2D eigenvalue weighted by Crippen LogP contribution is 2.58. The molecule has 0 aromatic heterocycles. The van der Waals surface area contributed by atoms with Crippen molar-refractivity contribution < 1.29 is 4.74 Å². The molecule has 3 aliphatic rings. The summed E-state index contributed by atoms with van der Waals surface area (Å²) in [7, 11) is 0. The SMILES string of the molecule is CCCCCCCCC1(CCCCCCCC)c2cc(C(C)c3ccc4c(c3)C(CCCN)(CCCN)c3cc(-c5ccccc5)ccc3-4)ccc2-c2ccc(C(C)C(COCC)C3=CC=C(c4ccccc4)C(C)C3=NSN)cc21. The minimum Gasteiger partial charge on any atom is -0.381 e. The predicted octanol–water partition coefficient (Wildman–Crippen LogP) is 19.4. The number of hydrogen-bond acceptors (Lipinski definition) is 6. The van der Waals surface area contributed by atoms with Gasteiger partial charge in [0.05, 0.1) is 24.5 Å². The highest BCUT2D eigenvalue weighted by atomic mass is 32.2. The van der Waals surface area contributed by atoms with Gasteiger partial charge in [0.1, 0.15) is 0 Å². The maximum atomic E-state index is 6.45. The molecule has 9 rings (SSSR count). The highest BCUT2D eigenvalue weighted by Gasteiger charge is 2.45. The van der Waals surface area contributed by atoms with Gasteiger partial charge < -0.3 is 16.2 Å². The first-order valence-electron chi connectivity index (χ1n) is 31.7. The van der Waals surface area contributed by atoms with Crippen molar-refractivity contribution in [2.45, 2.75) is 180 Å². The average Bonchev–Trinajstić information content (AvgIpc) is 2.72. The predicted molar refractivity (Wildman–Crippen MR) is 350 cm³/mol. The molecular formula is C75H96N4OS. The number of benzene rings is 6. The van der Waals surface area contributed by atoms with Crippen LogP contribution in [0.2, 0.25) is 0 Å². The molecule has 0 amide bonds. The molecule has 0 saturated carbocycles. The third kappa shape index (κ3) is 12.9. The molecule has 3 aliphatic carbocycles. The third-order valence-corrected chi connectivity index (χ3v) is 19.6. The average molecular weight is 1100 g/mol. The fourth-order valence-electron chi connectivity index (χ4n) is 14.7. The first-order valence-corrected chi connectivity index (χ1v) is 32.5. The summed E-state index contributed by atoms with van der Waals surface area (Å²) in [6.07, 6.45) is 26.4. The largest absolute Gasteiger partial charge is 0.381 e. The van der Waals surface area contributed by atoms with E-state index in [1.807, 2.05) is 0 Å². The number of unbranched alkanes of at least 4 members (excludes halogenated alkanes) is 10. The lowest BCUT2D eigenvalue weighted by atomic mass is 9.68. The van der Waals surface area contributed by atoms with E-state index < -0.39 is 0 Å². The molecule has 6 heteroatoms. The van der Waals surface area contributed by atoms with Gasteiger partial charge in [-0.25, -0.2) is 4.40 Å². The molecule has 6 N–H and O–H groups in total. The summed E-state index contributed by atoms with van der Waals surface area (Å²) in [5.74, 6) is 0.528. The molecule has 4 unspecified atom stereocenters. The van der Waals surface area contributed by atoms with E-state index >= 15 is 0 Å². The van der Waals surface area contributed by atoms with Gasteiger partial charge in [-0.15, -0.1) is 0 Å². The summed E-state index contributed by atoms with van der Waals surface area (Å²) in [5.41, 5.74) is 35.6. The molecule has 5 nitrogen and oxygen atoms in total. The summed E-state index contributed by atoms with van der Waals surface area (Å²) >= 11 is 1.08. The topological polar surface area (TPSA) is 99.6 Å². The van der Waals surface area contributed by atoms with Crippen LogP contribution in [0.3, 0.4) is 0 Å². The first kappa shape index (κ1) is 60.3. The van der Waals surface area contributed by atoms with Crippen LogP contribution < -0.4 is 16.6 Å². The highest BCUT2D eigenvalue weighted by molar-refractivity contribution is 7.95. The Morgan fingerprint density at radius 2 is 0.963 bits per heavy atom. The molecule has 6 aromatic carbocycles. The molecule has 0 saturated heterocycles. The Kier molecular flexibility index (Phi) is 21.4. The number of nitrogens with zero attached hydrogens (tertiary/aromatic N) is 1. The maximum Gasteiger partial charge on any atom is 0.0609 e. The Morgan fingerprint density at radius 3 is 1.47 bits per heavy atom. The molecule has 4 atom stereocenters. The number of ether oxygens (including phenoxy) is 1. The number of nitrogens with two attached hydrogens (primary N) is 3. The summed E-state index contributed by atoms with van der Waals surface area (Å²) in [6, 6.07) is 51.6. The van der Waals surface area contributed by atoms with Crippen molar-refractivity contribution in [3.8, 4) is 33.4 Å². The summed E-state index contributed by atoms with van der Waals surface area (Å²) in [5, 5.41) is 6.24. The van der Waals surface area contributed by atoms with Gasteiger partial charge in [-0.05, 0) is 160 Å². The Bertz CT molecular complexity index is 3080. The van der Waals surface area contributed by atoms with Crippen LogP contribution in [0, 0.1) is 11.8 Å². The van der Waals surface area contributed by atoms with Crippen molar-refractivity contribution in [3.05, 3.63) is 196 Å². The minimum absolute atomic E-state index is 0.0862. The number of hydrogen-bond donors (Lipinski definition) is 3. The van der Waals surface area contributed by atoms with E-state index in [4.69, 9.17) is 25.7 Å². The molecule has 0 spiro atoms. The van der Waals surface area contributed by atoms with E-state index in [2.05, 4.69) is 187 Å². The molecule has 81 heavy (non-hydrogen) atoms. The Labute approximate surface area is 493 Å². The van der Waals surface area contributed by atoms with Crippen molar-refractivity contribution in [2.24, 2.45) is 32.8 Å². The lowest BCUT2D eigenvalue weighted by Crippen LogP contribution is -2.29. The monoisotopic (exact) mass is 1100 g/mol. The van der Waals surface area contributed by atoms with E-state index in [0.717, 1.165) is 43.5 Å². The van der Waals surface area contributed by atoms with Crippen molar-refractivity contribution in [3.63, 3.8) is 0 Å². The molecule has 6 aromatic rings. The molecular weight excluding hydrogens is 1000 g/mol. The standard InChI is InChI=1S/C75H96N4OS/c1-7-10-12-14-16-24-42-74(43-25-17-15-13-11-8-2)69-48-58(53(4)59-33-37-64-66-39-35-61(56-28-20-18-21-29-56)51-72(66)75(44-26-46-76,45-27-47-77)70(64)49-59)32-36-63(69)65-38-34-60(50-71(65)74)54(5)68(52-80-9-3)67-41-40-62(55(6)73(67)79-81-78)57-30-22-19-23-31-57/h18-23,28-41,48-51,53-55,68H,7-17,24-27,42-47,52,76-78H2,1-6H3. The Balaban J connectivity index is 1.13. The smallest absolute Gasteiger partial charge is 0.0609 e. The third-order valence-electron chi connectivity index (χ3n) is 19.3. The van der Waals surface area contributed by atoms with Crippen LogP contribution in [0.25, 0.3) is 39.0 Å². The number of rotatable bonds is 31. The maximum absolute atomic E-state index is 6.45. The van der Waals surface area contributed by atoms with Crippen LogP contribution in [-0.2, 0) is 15.6 Å². The number of fused-ring (bicyclic) bond motifs is 6. The van der Waals surface area contributed by atoms with Gasteiger partial charge in [0, 0.05) is 35.2 Å². The van der Waals surface area contributed by atoms with Crippen LogP contribution in [0.5, 0.6) is 0 Å². The molecule has 0 bridgehead atoms. The summed E-state index contributed by atoms with van der Waals surface area (Å²) < 4.78 is 11.5. The number of allylic oxidation sites excluding steroid dienone is 3. The normalized spacial score (nSPS) is 17.2. The zero-order chi connectivity index (χ0) is 56.8. The quantitative estimate of drug-likeness (QED) is 0.0297. The molecule has 0 aliphatic heterocycles. The van der Waals surface area contributed by atoms with Gasteiger partial charge in [-0.3, -0.25) is 5.14 Å². The van der Waals surface area contributed by atoms with E-state index in [1.54, 1.807) is 11.1 Å². The summed E-state index contributed by atoms with van der Waals surface area (Å²) in [4.78, 5) is 0. The fraction of sp³-hybridized carbons (Fsp3) is 0.453. The van der Waals surface area contributed by atoms with Crippen molar-refractivity contribution in [1.82, 2.24) is 0 Å². The van der Waals surface area contributed by atoms with Crippen LogP contribution >= 0.6 is 12.1 Å². The van der Waals surface area contributed by atoms with Gasteiger partial charge in [-0.2, -0.15) is 0 Å². The van der Waals surface area contributed by atoms with Crippen molar-refractivity contribution >= 4 is 23.4 Å². The molecule has 0 heterocycles. The second kappa shape index (κ2) is 28.8. The van der Waals surface area contributed by atoms with Crippen molar-refractivity contribution in [2.75, 3.05) is 26.3 Å². The zero-order valence-corrected chi connectivity index (χ0v) is 51.0. The second-order valence-corrected chi connectivity index (χ2v) is 24.6. The van der Waals surface area contributed by atoms with E-state index in [0.29, 0.717) is 26.3 Å². The summed E-state index contributed by atoms with van der Waals surface area (Å²) in [6.45, 7) is 16.6. The van der Waals surface area contributed by atoms with Gasteiger partial charge in [-0.1, -0.05) is 251 Å². The van der Waals surface area contributed by atoms with Gasteiger partial charge >= 0.3 is 0 Å². The minimum atomic E-state index is -0.158. The van der Waals surface area contributed by atoms with Gasteiger partial charge in [0.2, 0.25) is 0 Å². The lowest BCUT2D eigenvalue weighted by Gasteiger charge is -2.35. The van der Waals surface area contributed by atoms with E-state index in [1.165, 1.54) is 168 Å². The van der Waals surface area contributed by atoms with Crippen LogP contribution in [0.15, 0.2) is 156 Å². The van der Waals surface area contributed by atoms with Crippen LogP contribution in [0.1, 0.15) is 213 Å². The molecule has 0 fully saturated rings. The van der Waals surface area contributed by atoms with Gasteiger partial charge in [0.25, 0.3) is 0 Å². The zero-order valence-electron chi connectivity index (χ0n) is 50.2. The van der Waals surface area contributed by atoms with Crippen LogP contribution in [0.4, 0.5) is 0 Å². The van der Waals surface area contributed by atoms with Gasteiger partial charge in [0.15, 0.2) is 0 Å². The van der Waals surface area contributed by atoms with E-state index in [-0.39, 0.29) is 34.5 Å². The first-order chi connectivity index (χ1) is 39.7. The molecule has 428 valence electrons. The molecule has 0 radical (unpaired) electrons. The Hall–Kier alpha value is -5.34. The van der Waals surface area contributed by atoms with Crippen LogP contribution in [-0.4, -0.2) is 32.0 Å². The van der Waals surface area contributed by atoms with Crippen molar-refractivity contribution in [1.29, 1.82) is 0 Å². The lowest BCUT2D eigenvalue weighted by molar-refractivity contribution is 0.115. The van der Waals surface area contributed by atoms with E-state index in [9.17, 15) is 0 Å². The Morgan fingerprint density at radius 1 is 0.506 bits per heavy atom. The fourth-order valence-corrected chi connectivity index (χ4v) is 15.1.